The molecule has 1 heterocycles. The van der Waals surface area contributed by atoms with Crippen LogP contribution in [0.15, 0.2) is 22.7 Å². The molecule has 0 aliphatic rings. The minimum Gasteiger partial charge on any atom is -0.357 e. The van der Waals surface area contributed by atoms with Gasteiger partial charge in [-0.3, -0.25) is 0 Å². The first-order chi connectivity index (χ1) is 8.06. The number of H-pyrrole nitrogens is 1. The van der Waals surface area contributed by atoms with Gasteiger partial charge >= 0.3 is 0 Å². The summed E-state index contributed by atoms with van der Waals surface area (Å²) in [5.41, 5.74) is 9.54. The molecule has 0 saturated heterocycles. The van der Waals surface area contributed by atoms with E-state index in [1.165, 1.54) is 16.6 Å². The highest BCUT2D eigenvalue weighted by molar-refractivity contribution is 9.10. The molecule has 2 aromatic rings. The summed E-state index contributed by atoms with van der Waals surface area (Å²) in [7, 11) is 4.13. The number of rotatable bonds is 3. The van der Waals surface area contributed by atoms with Crippen LogP contribution in [0, 0.1) is 6.92 Å². The highest BCUT2D eigenvalue weighted by Crippen LogP contribution is 2.33. The molecule has 3 N–H and O–H groups in total. The van der Waals surface area contributed by atoms with Gasteiger partial charge in [0.25, 0.3) is 0 Å². The molecule has 92 valence electrons. The number of benzene rings is 1. The number of aryl methyl sites for hydroxylation is 1. The van der Waals surface area contributed by atoms with Crippen LogP contribution in [-0.4, -0.2) is 30.5 Å². The van der Waals surface area contributed by atoms with Gasteiger partial charge in [-0.15, -0.1) is 0 Å². The van der Waals surface area contributed by atoms with E-state index in [1.54, 1.807) is 0 Å². The van der Waals surface area contributed by atoms with Crippen LogP contribution in [0.2, 0.25) is 0 Å². The lowest BCUT2D eigenvalue weighted by Gasteiger charge is -2.23. The fraction of sp³-hybridized carbons (Fsp3) is 0.385. The zero-order chi connectivity index (χ0) is 12.6. The van der Waals surface area contributed by atoms with Crippen LogP contribution < -0.4 is 5.73 Å². The fourth-order valence-electron chi connectivity index (χ4n) is 2.35. The van der Waals surface area contributed by atoms with Crippen LogP contribution in [0.1, 0.15) is 17.3 Å². The van der Waals surface area contributed by atoms with Crippen LogP contribution in [0.5, 0.6) is 0 Å². The second-order valence-electron chi connectivity index (χ2n) is 4.54. The number of fused-ring (bicyclic) bond motifs is 1. The molecule has 0 bridgehead atoms. The largest absolute Gasteiger partial charge is 0.357 e. The van der Waals surface area contributed by atoms with Gasteiger partial charge in [0, 0.05) is 28.1 Å². The Balaban J connectivity index is 2.68. The van der Waals surface area contributed by atoms with Gasteiger partial charge in [0.2, 0.25) is 0 Å². The van der Waals surface area contributed by atoms with Crippen molar-refractivity contribution < 1.29 is 0 Å². The van der Waals surface area contributed by atoms with Gasteiger partial charge in [0.05, 0.1) is 5.52 Å². The maximum atomic E-state index is 5.90. The van der Waals surface area contributed by atoms with Gasteiger partial charge < -0.3 is 15.6 Å². The molecule has 1 atom stereocenters. The molecule has 2 rings (SSSR count). The van der Waals surface area contributed by atoms with Crippen molar-refractivity contribution >= 4 is 26.8 Å². The highest BCUT2D eigenvalue weighted by Gasteiger charge is 2.20. The summed E-state index contributed by atoms with van der Waals surface area (Å²) >= 11 is 3.58. The first kappa shape index (κ1) is 12.6. The first-order valence-corrected chi connectivity index (χ1v) is 6.48. The molecule has 0 aliphatic heterocycles. The molecule has 0 spiro atoms. The van der Waals surface area contributed by atoms with Gasteiger partial charge in [-0.25, -0.2) is 0 Å². The van der Waals surface area contributed by atoms with E-state index in [0.29, 0.717) is 6.54 Å². The van der Waals surface area contributed by atoms with Crippen LogP contribution >= 0.6 is 15.9 Å². The Labute approximate surface area is 110 Å². The number of hydrogen-bond donors (Lipinski definition) is 2. The maximum absolute atomic E-state index is 5.90. The monoisotopic (exact) mass is 295 g/mol. The Morgan fingerprint density at radius 1 is 1.41 bits per heavy atom. The average Bonchev–Trinajstić information content (AvgIpc) is 2.59. The number of aromatic amines is 1. The van der Waals surface area contributed by atoms with Gasteiger partial charge in [0.1, 0.15) is 0 Å². The summed E-state index contributed by atoms with van der Waals surface area (Å²) in [6, 6.07) is 6.50. The van der Waals surface area contributed by atoms with Crippen molar-refractivity contribution in [1.82, 2.24) is 9.88 Å². The molecule has 0 fully saturated rings. The number of halogens is 1. The summed E-state index contributed by atoms with van der Waals surface area (Å²) in [5.74, 6) is 0. The van der Waals surface area contributed by atoms with Crippen molar-refractivity contribution in [2.45, 2.75) is 13.0 Å². The molecule has 3 nitrogen and oxygen atoms in total. The fourth-order valence-corrected chi connectivity index (χ4v) is 2.81. The number of nitrogens with two attached hydrogens (primary N) is 1. The van der Waals surface area contributed by atoms with Gasteiger partial charge in [-0.05, 0) is 48.6 Å². The molecule has 1 aromatic heterocycles. The summed E-state index contributed by atoms with van der Waals surface area (Å²) < 4.78 is 1.10. The minimum atomic E-state index is 0.248. The Kier molecular flexibility index (Phi) is 3.56. The van der Waals surface area contributed by atoms with Gasteiger partial charge in [-0.2, -0.15) is 0 Å². The Morgan fingerprint density at radius 3 is 2.71 bits per heavy atom. The van der Waals surface area contributed by atoms with Crippen LogP contribution in [-0.2, 0) is 0 Å². The van der Waals surface area contributed by atoms with E-state index in [-0.39, 0.29) is 6.04 Å². The van der Waals surface area contributed by atoms with Gasteiger partial charge in [-0.1, -0.05) is 12.1 Å². The summed E-state index contributed by atoms with van der Waals surface area (Å²) in [6.45, 7) is 2.72. The van der Waals surface area contributed by atoms with E-state index in [9.17, 15) is 0 Å². The van der Waals surface area contributed by atoms with Crippen molar-refractivity contribution in [1.29, 1.82) is 0 Å². The number of para-hydroxylation sites is 1. The van der Waals surface area contributed by atoms with E-state index in [0.717, 1.165) is 9.99 Å². The summed E-state index contributed by atoms with van der Waals surface area (Å²) in [6.07, 6.45) is 0. The smallest absolute Gasteiger partial charge is 0.0603 e. The molecule has 0 amide bonds. The number of likely N-dealkylation sites (N-methyl/N-ethyl adjacent to an activating group) is 1. The normalized spacial score (nSPS) is 13.5. The molecular formula is C13H18BrN3. The topological polar surface area (TPSA) is 45.1 Å². The molecule has 0 radical (unpaired) electrons. The molecule has 1 unspecified atom stereocenters. The second kappa shape index (κ2) is 4.80. The summed E-state index contributed by atoms with van der Waals surface area (Å²) in [5, 5.41) is 1.25. The number of nitrogens with one attached hydrogen (secondary N) is 1. The second-order valence-corrected chi connectivity index (χ2v) is 5.40. The average molecular weight is 296 g/mol. The van der Waals surface area contributed by atoms with E-state index < -0.39 is 0 Å². The summed E-state index contributed by atoms with van der Waals surface area (Å²) in [4.78, 5) is 5.60. The van der Waals surface area contributed by atoms with Crippen molar-refractivity contribution in [2.24, 2.45) is 5.73 Å². The third-order valence-corrected chi connectivity index (χ3v) is 3.86. The molecular weight excluding hydrogens is 278 g/mol. The Bertz CT molecular complexity index is 531. The van der Waals surface area contributed by atoms with E-state index in [2.05, 4.69) is 65.0 Å². The number of hydrogen-bond acceptors (Lipinski definition) is 2. The Hall–Kier alpha value is -0.840. The third kappa shape index (κ3) is 2.12. The van der Waals surface area contributed by atoms with Crippen molar-refractivity contribution in [2.75, 3.05) is 20.6 Å². The van der Waals surface area contributed by atoms with Crippen LogP contribution in [0.25, 0.3) is 10.9 Å². The van der Waals surface area contributed by atoms with E-state index >= 15 is 0 Å². The van der Waals surface area contributed by atoms with Crippen molar-refractivity contribution in [3.63, 3.8) is 0 Å². The SMILES string of the molecule is Cc1[nH]c2c(Br)cccc2c1C(CN)N(C)C. The zero-order valence-electron chi connectivity index (χ0n) is 10.4. The predicted octanol–water partition coefficient (Wildman–Crippen LogP) is 2.80. The number of nitrogens with zero attached hydrogens (tertiary/aromatic N) is 1. The van der Waals surface area contributed by atoms with E-state index in [4.69, 9.17) is 5.73 Å². The molecule has 17 heavy (non-hydrogen) atoms. The number of aromatic nitrogens is 1. The Morgan fingerprint density at radius 2 is 2.12 bits per heavy atom. The van der Waals surface area contributed by atoms with Gasteiger partial charge in [0.15, 0.2) is 0 Å². The maximum Gasteiger partial charge on any atom is 0.0603 e. The lowest BCUT2D eigenvalue weighted by molar-refractivity contribution is 0.307. The predicted molar refractivity (Wildman–Crippen MR) is 76.2 cm³/mol. The van der Waals surface area contributed by atoms with E-state index in [1.807, 2.05) is 0 Å². The first-order valence-electron chi connectivity index (χ1n) is 5.69. The van der Waals surface area contributed by atoms with Crippen molar-refractivity contribution in [3.05, 3.63) is 33.9 Å². The zero-order valence-corrected chi connectivity index (χ0v) is 12.0. The molecule has 4 heteroatoms. The lowest BCUT2D eigenvalue weighted by atomic mass is 10.0. The highest BCUT2D eigenvalue weighted by atomic mass is 79.9. The molecule has 1 aromatic carbocycles. The molecule has 0 aliphatic carbocycles. The standard InChI is InChI=1S/C13H18BrN3/c1-8-12(11(7-15)17(2)3)9-5-4-6-10(14)13(9)16-8/h4-6,11,16H,7,15H2,1-3H3. The third-order valence-electron chi connectivity index (χ3n) is 3.20. The quantitative estimate of drug-likeness (QED) is 0.915. The van der Waals surface area contributed by atoms with Crippen LogP contribution in [0.4, 0.5) is 0 Å². The van der Waals surface area contributed by atoms with Crippen molar-refractivity contribution in [3.8, 4) is 0 Å². The minimum absolute atomic E-state index is 0.248. The molecule has 0 saturated carbocycles. The van der Waals surface area contributed by atoms with Crippen LogP contribution in [0.3, 0.4) is 0 Å². The lowest BCUT2D eigenvalue weighted by Crippen LogP contribution is -2.27.